The van der Waals surface area contributed by atoms with Gasteiger partial charge >= 0.3 is 0 Å². The van der Waals surface area contributed by atoms with Crippen LogP contribution in [0.4, 0.5) is 0 Å². The molecule has 1 N–H and O–H groups in total. The quantitative estimate of drug-likeness (QED) is 0.832. The molecule has 2 nitrogen and oxygen atoms in total. The maximum atomic E-state index is 5.64. The molecular weight excluding hydrogens is 222 g/mol. The molecule has 1 aliphatic rings. The fourth-order valence-corrected chi connectivity index (χ4v) is 2.42. The highest BCUT2D eigenvalue weighted by atomic mass is 16.5. The van der Waals surface area contributed by atoms with Crippen LogP contribution in [-0.2, 0) is 6.42 Å². The number of rotatable bonds is 6. The van der Waals surface area contributed by atoms with Gasteiger partial charge in [0.15, 0.2) is 0 Å². The maximum Gasteiger partial charge on any atom is 0.122 e. The van der Waals surface area contributed by atoms with Crippen molar-refractivity contribution in [3.05, 3.63) is 28.8 Å². The van der Waals surface area contributed by atoms with Gasteiger partial charge in [-0.2, -0.15) is 0 Å². The minimum Gasteiger partial charge on any atom is -0.494 e. The first-order valence-corrected chi connectivity index (χ1v) is 7.09. The van der Waals surface area contributed by atoms with E-state index in [9.17, 15) is 0 Å². The highest BCUT2D eigenvalue weighted by Crippen LogP contribution is 2.25. The Kier molecular flexibility index (Phi) is 4.28. The van der Waals surface area contributed by atoms with Crippen molar-refractivity contribution in [2.24, 2.45) is 0 Å². The summed E-state index contributed by atoms with van der Waals surface area (Å²) in [6.45, 7) is 9.36. The Balaban J connectivity index is 2.04. The van der Waals surface area contributed by atoms with Gasteiger partial charge in [0.05, 0.1) is 6.61 Å². The molecule has 1 saturated carbocycles. The van der Waals surface area contributed by atoms with Crippen molar-refractivity contribution in [1.82, 2.24) is 5.32 Å². The Labute approximate surface area is 111 Å². The van der Waals surface area contributed by atoms with Gasteiger partial charge < -0.3 is 10.1 Å². The standard InChI is InChI=1S/C16H25NO/c1-5-18-16-9-11(2)14(8-12(16)3)10-13(4)17-15-6-7-15/h8-9,13,15,17H,5-7,10H2,1-4H3. The number of benzene rings is 1. The molecular formula is C16H25NO. The molecule has 2 rings (SSSR count). The van der Waals surface area contributed by atoms with Crippen molar-refractivity contribution in [1.29, 1.82) is 0 Å². The van der Waals surface area contributed by atoms with Crippen LogP contribution >= 0.6 is 0 Å². The van der Waals surface area contributed by atoms with Crippen LogP contribution in [0, 0.1) is 13.8 Å². The molecule has 18 heavy (non-hydrogen) atoms. The lowest BCUT2D eigenvalue weighted by Gasteiger charge is -2.17. The van der Waals surface area contributed by atoms with Crippen molar-refractivity contribution in [2.75, 3.05) is 6.61 Å². The summed E-state index contributed by atoms with van der Waals surface area (Å²) in [6, 6.07) is 5.81. The van der Waals surface area contributed by atoms with Crippen LogP contribution in [0.5, 0.6) is 5.75 Å². The van der Waals surface area contributed by atoms with E-state index in [-0.39, 0.29) is 0 Å². The van der Waals surface area contributed by atoms with Crippen molar-refractivity contribution in [3.8, 4) is 5.75 Å². The van der Waals surface area contributed by atoms with Crippen molar-refractivity contribution in [3.63, 3.8) is 0 Å². The normalized spacial score (nSPS) is 16.7. The van der Waals surface area contributed by atoms with Gasteiger partial charge in [0.25, 0.3) is 0 Å². The first-order chi connectivity index (χ1) is 8.60. The van der Waals surface area contributed by atoms with E-state index >= 15 is 0 Å². The summed E-state index contributed by atoms with van der Waals surface area (Å²) in [7, 11) is 0. The van der Waals surface area contributed by atoms with Crippen molar-refractivity contribution >= 4 is 0 Å². The predicted molar refractivity (Wildman–Crippen MR) is 76.4 cm³/mol. The molecule has 0 radical (unpaired) electrons. The van der Waals surface area contributed by atoms with E-state index in [2.05, 4.69) is 38.2 Å². The zero-order valence-electron chi connectivity index (χ0n) is 12.0. The third kappa shape index (κ3) is 3.49. The van der Waals surface area contributed by atoms with Gasteiger partial charge in [0.2, 0.25) is 0 Å². The van der Waals surface area contributed by atoms with E-state index in [0.29, 0.717) is 6.04 Å². The minimum absolute atomic E-state index is 0.563. The lowest BCUT2D eigenvalue weighted by atomic mass is 9.99. The number of aryl methyl sites for hydroxylation is 2. The molecule has 0 amide bonds. The van der Waals surface area contributed by atoms with Gasteiger partial charge in [-0.15, -0.1) is 0 Å². The SMILES string of the molecule is CCOc1cc(C)c(CC(C)NC2CC2)cc1C. The summed E-state index contributed by atoms with van der Waals surface area (Å²) in [6.07, 6.45) is 3.81. The second-order valence-electron chi connectivity index (χ2n) is 5.52. The summed E-state index contributed by atoms with van der Waals surface area (Å²) in [5.41, 5.74) is 4.03. The Morgan fingerprint density at radius 2 is 2.00 bits per heavy atom. The van der Waals surface area contributed by atoms with Crippen LogP contribution in [-0.4, -0.2) is 18.7 Å². The Morgan fingerprint density at radius 3 is 2.61 bits per heavy atom. The van der Waals surface area contributed by atoms with Gasteiger partial charge in [-0.3, -0.25) is 0 Å². The molecule has 1 fully saturated rings. The van der Waals surface area contributed by atoms with Gasteiger partial charge in [-0.1, -0.05) is 6.07 Å². The van der Waals surface area contributed by atoms with Gasteiger partial charge in [-0.05, 0) is 69.7 Å². The van der Waals surface area contributed by atoms with Crippen LogP contribution in [0.3, 0.4) is 0 Å². The second-order valence-corrected chi connectivity index (χ2v) is 5.52. The van der Waals surface area contributed by atoms with E-state index in [1.54, 1.807) is 0 Å². The molecule has 0 aromatic heterocycles. The first kappa shape index (κ1) is 13.4. The summed E-state index contributed by atoms with van der Waals surface area (Å²) in [5.74, 6) is 1.03. The topological polar surface area (TPSA) is 21.3 Å². The summed E-state index contributed by atoms with van der Waals surface area (Å²) < 4.78 is 5.64. The Bertz CT molecular complexity index is 410. The molecule has 0 aliphatic heterocycles. The molecule has 1 atom stereocenters. The molecule has 2 heteroatoms. The van der Waals surface area contributed by atoms with Crippen LogP contribution in [0.25, 0.3) is 0 Å². The number of ether oxygens (including phenoxy) is 1. The fourth-order valence-electron chi connectivity index (χ4n) is 2.42. The van der Waals surface area contributed by atoms with E-state index in [1.807, 2.05) is 6.92 Å². The first-order valence-electron chi connectivity index (χ1n) is 7.09. The highest BCUT2D eigenvalue weighted by molar-refractivity contribution is 5.41. The largest absolute Gasteiger partial charge is 0.494 e. The van der Waals surface area contributed by atoms with Crippen molar-refractivity contribution in [2.45, 2.75) is 59.0 Å². The van der Waals surface area contributed by atoms with Crippen molar-refractivity contribution < 1.29 is 4.74 Å². The molecule has 0 heterocycles. The number of nitrogens with one attached hydrogen (secondary N) is 1. The van der Waals surface area contributed by atoms with Crippen LogP contribution in [0.15, 0.2) is 12.1 Å². The Hall–Kier alpha value is -1.02. The summed E-state index contributed by atoms with van der Waals surface area (Å²) >= 11 is 0. The zero-order valence-corrected chi connectivity index (χ0v) is 12.0. The predicted octanol–water partition coefficient (Wildman–Crippen LogP) is 3.39. The lowest BCUT2D eigenvalue weighted by molar-refractivity contribution is 0.337. The fraction of sp³-hybridized carbons (Fsp3) is 0.625. The second kappa shape index (κ2) is 5.75. The molecule has 1 unspecified atom stereocenters. The average Bonchev–Trinajstić information content (AvgIpc) is 3.09. The molecule has 1 aromatic carbocycles. The highest BCUT2D eigenvalue weighted by Gasteiger charge is 2.22. The number of hydrogen-bond acceptors (Lipinski definition) is 2. The summed E-state index contributed by atoms with van der Waals surface area (Å²) in [4.78, 5) is 0. The minimum atomic E-state index is 0.563. The van der Waals surface area contributed by atoms with E-state index in [0.717, 1.165) is 24.8 Å². The summed E-state index contributed by atoms with van der Waals surface area (Å²) in [5, 5.41) is 3.66. The smallest absolute Gasteiger partial charge is 0.122 e. The van der Waals surface area contributed by atoms with Gasteiger partial charge in [-0.25, -0.2) is 0 Å². The zero-order chi connectivity index (χ0) is 13.1. The lowest BCUT2D eigenvalue weighted by Crippen LogP contribution is -2.30. The third-order valence-corrected chi connectivity index (χ3v) is 3.56. The molecule has 1 aromatic rings. The maximum absolute atomic E-state index is 5.64. The Morgan fingerprint density at radius 1 is 1.28 bits per heavy atom. The molecule has 100 valence electrons. The van der Waals surface area contributed by atoms with E-state index in [4.69, 9.17) is 4.74 Å². The van der Waals surface area contributed by atoms with Gasteiger partial charge in [0, 0.05) is 12.1 Å². The number of hydrogen-bond donors (Lipinski definition) is 1. The van der Waals surface area contributed by atoms with E-state index in [1.165, 1.54) is 29.5 Å². The van der Waals surface area contributed by atoms with Crippen LogP contribution in [0.2, 0.25) is 0 Å². The average molecular weight is 247 g/mol. The molecule has 0 spiro atoms. The van der Waals surface area contributed by atoms with Crippen LogP contribution in [0.1, 0.15) is 43.4 Å². The molecule has 0 saturated heterocycles. The van der Waals surface area contributed by atoms with E-state index < -0.39 is 0 Å². The monoisotopic (exact) mass is 247 g/mol. The molecule has 0 bridgehead atoms. The van der Waals surface area contributed by atoms with Crippen LogP contribution < -0.4 is 10.1 Å². The molecule has 1 aliphatic carbocycles. The van der Waals surface area contributed by atoms with Gasteiger partial charge in [0.1, 0.15) is 5.75 Å². The third-order valence-electron chi connectivity index (χ3n) is 3.56.